The van der Waals surface area contributed by atoms with Gasteiger partial charge in [0.05, 0.1) is 6.54 Å². The Labute approximate surface area is 141 Å². The lowest BCUT2D eigenvalue weighted by molar-refractivity contribution is -0.114. The van der Waals surface area contributed by atoms with Crippen molar-refractivity contribution in [2.24, 2.45) is 0 Å². The van der Waals surface area contributed by atoms with Crippen molar-refractivity contribution < 1.29 is 4.79 Å². The number of amides is 1. The summed E-state index contributed by atoms with van der Waals surface area (Å²) in [6.45, 7) is 2.50. The molecule has 0 saturated carbocycles. The molecule has 1 amide bonds. The third-order valence-electron chi connectivity index (χ3n) is 3.92. The molecular formula is C18H20ClN3O. The zero-order valence-corrected chi connectivity index (χ0v) is 13.6. The molecule has 1 saturated heterocycles. The molecule has 0 aliphatic carbocycles. The molecule has 0 unspecified atom stereocenters. The first-order valence-corrected chi connectivity index (χ1v) is 8.23. The molecule has 1 heterocycles. The van der Waals surface area contributed by atoms with Crippen molar-refractivity contribution >= 4 is 34.6 Å². The van der Waals surface area contributed by atoms with Gasteiger partial charge in [-0.1, -0.05) is 11.6 Å². The molecule has 2 aromatic carbocycles. The molecule has 120 valence electrons. The van der Waals surface area contributed by atoms with E-state index in [-0.39, 0.29) is 12.5 Å². The van der Waals surface area contributed by atoms with Crippen LogP contribution < -0.4 is 15.5 Å². The monoisotopic (exact) mass is 329 g/mol. The molecule has 0 bridgehead atoms. The number of anilines is 3. The van der Waals surface area contributed by atoms with Gasteiger partial charge in [-0.25, -0.2) is 0 Å². The summed E-state index contributed by atoms with van der Waals surface area (Å²) in [5.41, 5.74) is 2.93. The van der Waals surface area contributed by atoms with Gasteiger partial charge >= 0.3 is 0 Å². The largest absolute Gasteiger partial charge is 0.376 e. The standard InChI is InChI=1S/C18H20ClN3O/c19-14-3-5-16(6-4-14)21-18(23)13-20-15-7-9-17(10-8-15)22-11-1-2-12-22/h3-10,20H,1-2,11-13H2,(H,21,23). The van der Waals surface area contributed by atoms with Crippen LogP contribution in [0.5, 0.6) is 0 Å². The number of nitrogens with one attached hydrogen (secondary N) is 2. The predicted molar refractivity (Wildman–Crippen MR) is 96.5 cm³/mol. The number of nitrogens with zero attached hydrogens (tertiary/aromatic N) is 1. The average molecular weight is 330 g/mol. The number of hydrogen-bond acceptors (Lipinski definition) is 3. The molecule has 0 aromatic heterocycles. The highest BCUT2D eigenvalue weighted by Gasteiger charge is 2.11. The van der Waals surface area contributed by atoms with Crippen molar-refractivity contribution in [2.45, 2.75) is 12.8 Å². The zero-order valence-electron chi connectivity index (χ0n) is 12.9. The van der Waals surface area contributed by atoms with Crippen LogP contribution in [-0.2, 0) is 4.79 Å². The van der Waals surface area contributed by atoms with E-state index in [0.29, 0.717) is 5.02 Å². The Balaban J connectivity index is 1.49. The number of benzene rings is 2. The SMILES string of the molecule is O=C(CNc1ccc(N2CCCC2)cc1)Nc1ccc(Cl)cc1. The minimum Gasteiger partial charge on any atom is -0.376 e. The van der Waals surface area contributed by atoms with E-state index < -0.39 is 0 Å². The molecule has 1 aliphatic heterocycles. The number of hydrogen-bond donors (Lipinski definition) is 2. The Hall–Kier alpha value is -2.20. The van der Waals surface area contributed by atoms with Gasteiger partial charge in [0.2, 0.25) is 5.91 Å². The van der Waals surface area contributed by atoms with Gasteiger partial charge in [0, 0.05) is 35.2 Å². The summed E-state index contributed by atoms with van der Waals surface area (Å²) >= 11 is 5.82. The van der Waals surface area contributed by atoms with Gasteiger partial charge in [-0.05, 0) is 61.4 Å². The van der Waals surface area contributed by atoms with E-state index in [2.05, 4.69) is 27.7 Å². The maximum Gasteiger partial charge on any atom is 0.243 e. The highest BCUT2D eigenvalue weighted by molar-refractivity contribution is 6.30. The van der Waals surface area contributed by atoms with Crippen LogP contribution in [0.1, 0.15) is 12.8 Å². The molecule has 2 aromatic rings. The van der Waals surface area contributed by atoms with Crippen molar-refractivity contribution in [1.29, 1.82) is 0 Å². The third kappa shape index (κ3) is 4.39. The summed E-state index contributed by atoms with van der Waals surface area (Å²) in [6, 6.07) is 15.3. The first-order chi connectivity index (χ1) is 11.2. The van der Waals surface area contributed by atoms with E-state index in [9.17, 15) is 4.79 Å². The van der Waals surface area contributed by atoms with Crippen LogP contribution in [0.25, 0.3) is 0 Å². The second-order valence-corrected chi connectivity index (χ2v) is 6.09. The van der Waals surface area contributed by atoms with Gasteiger partial charge < -0.3 is 15.5 Å². The van der Waals surface area contributed by atoms with Crippen molar-refractivity contribution in [1.82, 2.24) is 0 Å². The molecule has 1 aliphatic rings. The fourth-order valence-corrected chi connectivity index (χ4v) is 2.81. The minimum absolute atomic E-state index is 0.0871. The van der Waals surface area contributed by atoms with Gasteiger partial charge in [0.25, 0.3) is 0 Å². The normalized spacial score (nSPS) is 13.9. The first-order valence-electron chi connectivity index (χ1n) is 7.85. The van der Waals surface area contributed by atoms with Gasteiger partial charge in [0.1, 0.15) is 0 Å². The first kappa shape index (κ1) is 15.7. The van der Waals surface area contributed by atoms with Crippen molar-refractivity contribution in [3.8, 4) is 0 Å². The van der Waals surface area contributed by atoms with E-state index in [0.717, 1.165) is 24.5 Å². The number of halogens is 1. The summed E-state index contributed by atoms with van der Waals surface area (Å²) in [5.74, 6) is -0.0871. The number of rotatable bonds is 5. The van der Waals surface area contributed by atoms with Crippen molar-refractivity contribution in [3.05, 3.63) is 53.6 Å². The van der Waals surface area contributed by atoms with Gasteiger partial charge in [-0.2, -0.15) is 0 Å². The molecule has 1 fully saturated rings. The van der Waals surface area contributed by atoms with Crippen molar-refractivity contribution in [2.75, 3.05) is 35.2 Å². The lowest BCUT2D eigenvalue weighted by atomic mass is 10.2. The summed E-state index contributed by atoms with van der Waals surface area (Å²) in [7, 11) is 0. The van der Waals surface area contributed by atoms with E-state index in [1.807, 2.05) is 12.1 Å². The maximum atomic E-state index is 11.9. The minimum atomic E-state index is -0.0871. The molecule has 0 atom stereocenters. The fraction of sp³-hybridized carbons (Fsp3) is 0.278. The Bertz CT molecular complexity index is 649. The van der Waals surface area contributed by atoms with Crippen LogP contribution >= 0.6 is 11.6 Å². The zero-order chi connectivity index (χ0) is 16.1. The van der Waals surface area contributed by atoms with Crippen LogP contribution in [0.2, 0.25) is 5.02 Å². The third-order valence-corrected chi connectivity index (χ3v) is 4.17. The van der Waals surface area contributed by atoms with Crippen molar-refractivity contribution in [3.63, 3.8) is 0 Å². The summed E-state index contributed by atoms with van der Waals surface area (Å²) in [6.07, 6.45) is 2.54. The highest BCUT2D eigenvalue weighted by Crippen LogP contribution is 2.22. The lowest BCUT2D eigenvalue weighted by Gasteiger charge is -2.18. The molecule has 0 radical (unpaired) electrons. The fourth-order valence-electron chi connectivity index (χ4n) is 2.69. The van der Waals surface area contributed by atoms with Gasteiger partial charge in [-0.3, -0.25) is 4.79 Å². The second kappa shape index (κ2) is 7.38. The van der Waals surface area contributed by atoms with Crippen LogP contribution in [0.15, 0.2) is 48.5 Å². The molecule has 4 nitrogen and oxygen atoms in total. The summed E-state index contributed by atoms with van der Waals surface area (Å²) in [4.78, 5) is 14.3. The number of carbonyl (C=O) groups is 1. The molecule has 0 spiro atoms. The van der Waals surface area contributed by atoms with Gasteiger partial charge in [-0.15, -0.1) is 0 Å². The highest BCUT2D eigenvalue weighted by atomic mass is 35.5. The summed E-state index contributed by atoms with van der Waals surface area (Å²) < 4.78 is 0. The Morgan fingerprint density at radius 2 is 1.57 bits per heavy atom. The second-order valence-electron chi connectivity index (χ2n) is 5.65. The van der Waals surface area contributed by atoms with E-state index in [4.69, 9.17) is 11.6 Å². The number of carbonyl (C=O) groups excluding carboxylic acids is 1. The smallest absolute Gasteiger partial charge is 0.243 e. The molecular weight excluding hydrogens is 310 g/mol. The Kier molecular flexibility index (Phi) is 5.03. The lowest BCUT2D eigenvalue weighted by Crippen LogP contribution is -2.21. The van der Waals surface area contributed by atoms with Crippen LogP contribution in [0, 0.1) is 0 Å². The molecule has 5 heteroatoms. The van der Waals surface area contributed by atoms with E-state index in [1.54, 1.807) is 24.3 Å². The van der Waals surface area contributed by atoms with E-state index >= 15 is 0 Å². The maximum absolute atomic E-state index is 11.9. The van der Waals surface area contributed by atoms with Crippen LogP contribution in [-0.4, -0.2) is 25.5 Å². The average Bonchev–Trinajstić information content (AvgIpc) is 3.10. The Morgan fingerprint density at radius 1 is 0.957 bits per heavy atom. The summed E-state index contributed by atoms with van der Waals surface area (Å²) in [5, 5.41) is 6.62. The predicted octanol–water partition coefficient (Wildman–Crippen LogP) is 3.99. The molecule has 3 rings (SSSR count). The Morgan fingerprint density at radius 3 is 2.22 bits per heavy atom. The van der Waals surface area contributed by atoms with E-state index in [1.165, 1.54) is 18.5 Å². The molecule has 2 N–H and O–H groups in total. The quantitative estimate of drug-likeness (QED) is 0.871. The topological polar surface area (TPSA) is 44.4 Å². The van der Waals surface area contributed by atoms with Gasteiger partial charge in [0.15, 0.2) is 0 Å². The molecule has 23 heavy (non-hydrogen) atoms. The van der Waals surface area contributed by atoms with Crippen LogP contribution in [0.4, 0.5) is 17.1 Å². The van der Waals surface area contributed by atoms with Crippen LogP contribution in [0.3, 0.4) is 0 Å².